The first kappa shape index (κ1) is 16.6. The van der Waals surface area contributed by atoms with Gasteiger partial charge in [0, 0.05) is 10.9 Å². The van der Waals surface area contributed by atoms with Gasteiger partial charge in [-0.2, -0.15) is 0 Å². The molecule has 1 saturated heterocycles. The van der Waals surface area contributed by atoms with E-state index in [1.165, 1.54) is 11.3 Å². The van der Waals surface area contributed by atoms with E-state index in [1.807, 2.05) is 42.6 Å². The quantitative estimate of drug-likeness (QED) is 0.869. The lowest BCUT2D eigenvalue weighted by Gasteiger charge is -2.15. The molecule has 0 radical (unpaired) electrons. The van der Waals surface area contributed by atoms with Crippen molar-refractivity contribution in [1.82, 2.24) is 10.3 Å². The molecule has 1 amide bonds. The first-order valence-electron chi connectivity index (χ1n) is 7.74. The van der Waals surface area contributed by atoms with Gasteiger partial charge in [0.25, 0.3) is 0 Å². The Morgan fingerprint density at radius 1 is 1.29 bits per heavy atom. The number of thiazole rings is 1. The van der Waals surface area contributed by atoms with Gasteiger partial charge in [-0.25, -0.2) is 9.78 Å². The Bertz CT molecular complexity index is 731. The lowest BCUT2D eigenvalue weighted by molar-refractivity contribution is -0.151. The van der Waals surface area contributed by atoms with Gasteiger partial charge in [-0.05, 0) is 19.8 Å². The highest BCUT2D eigenvalue weighted by Crippen LogP contribution is 2.26. The van der Waals surface area contributed by atoms with E-state index in [1.54, 1.807) is 0 Å². The lowest BCUT2D eigenvalue weighted by atomic mass is 10.2. The number of benzene rings is 1. The summed E-state index contributed by atoms with van der Waals surface area (Å²) in [5, 5.41) is 14.5. The number of aromatic nitrogens is 1. The fourth-order valence-corrected chi connectivity index (χ4v) is 3.44. The number of aliphatic carboxylic acids is 1. The molecule has 0 aliphatic carbocycles. The van der Waals surface area contributed by atoms with Crippen LogP contribution in [0, 0.1) is 0 Å². The zero-order valence-electron chi connectivity index (χ0n) is 13.1. The summed E-state index contributed by atoms with van der Waals surface area (Å²) in [5.41, 5.74) is 1.90. The zero-order valence-corrected chi connectivity index (χ0v) is 14.0. The van der Waals surface area contributed by atoms with Crippen LogP contribution in [-0.4, -0.2) is 34.2 Å². The van der Waals surface area contributed by atoms with Crippen molar-refractivity contribution >= 4 is 23.2 Å². The molecular weight excluding hydrogens is 328 g/mol. The number of carboxylic acid groups (broad SMARTS) is 1. The van der Waals surface area contributed by atoms with Crippen LogP contribution in [-0.2, 0) is 14.3 Å². The van der Waals surface area contributed by atoms with E-state index in [2.05, 4.69) is 10.3 Å². The minimum Gasteiger partial charge on any atom is -0.479 e. The van der Waals surface area contributed by atoms with E-state index in [4.69, 9.17) is 9.84 Å². The van der Waals surface area contributed by atoms with Crippen LogP contribution in [0.25, 0.3) is 11.3 Å². The molecule has 1 aromatic heterocycles. The van der Waals surface area contributed by atoms with Crippen molar-refractivity contribution in [3.05, 3.63) is 40.7 Å². The van der Waals surface area contributed by atoms with Gasteiger partial charge in [0.1, 0.15) is 11.1 Å². The molecule has 6 nitrogen and oxygen atoms in total. The zero-order chi connectivity index (χ0) is 17.1. The van der Waals surface area contributed by atoms with Crippen LogP contribution < -0.4 is 5.32 Å². The molecule has 1 unspecified atom stereocenters. The molecule has 1 aliphatic heterocycles. The molecule has 2 N–H and O–H groups in total. The summed E-state index contributed by atoms with van der Waals surface area (Å²) in [6.45, 7) is 1.86. The molecule has 1 aliphatic rings. The van der Waals surface area contributed by atoms with Crippen molar-refractivity contribution in [3.63, 3.8) is 0 Å². The number of nitrogens with one attached hydrogen (secondary N) is 1. The Kier molecular flexibility index (Phi) is 4.92. The van der Waals surface area contributed by atoms with Crippen LogP contribution in [0.5, 0.6) is 0 Å². The molecule has 126 valence electrons. The Hall–Kier alpha value is -2.25. The SMILES string of the molecule is CC(NC(=O)[C@@H]1CC[C@H](C(=O)O)O1)c1nc(-c2ccccc2)cs1. The molecule has 2 heterocycles. The van der Waals surface area contributed by atoms with Crippen LogP contribution in [0.1, 0.15) is 30.8 Å². The molecule has 7 heteroatoms. The summed E-state index contributed by atoms with van der Waals surface area (Å²) in [7, 11) is 0. The number of hydrogen-bond donors (Lipinski definition) is 2. The molecule has 1 fully saturated rings. The fraction of sp³-hybridized carbons (Fsp3) is 0.353. The van der Waals surface area contributed by atoms with Gasteiger partial charge >= 0.3 is 5.97 Å². The van der Waals surface area contributed by atoms with E-state index in [9.17, 15) is 9.59 Å². The number of carboxylic acids is 1. The molecule has 1 aromatic carbocycles. The third kappa shape index (κ3) is 3.63. The standard InChI is InChI=1S/C17H18N2O4S/c1-10(18-15(20)13-7-8-14(23-13)17(21)22)16-19-12(9-24-16)11-5-3-2-4-6-11/h2-6,9-10,13-14H,7-8H2,1H3,(H,18,20)(H,21,22)/t10?,13-,14+/m0/s1. The average molecular weight is 346 g/mol. The van der Waals surface area contributed by atoms with Crippen LogP contribution in [0.3, 0.4) is 0 Å². The topological polar surface area (TPSA) is 88.5 Å². The molecular formula is C17H18N2O4S. The summed E-state index contributed by atoms with van der Waals surface area (Å²) < 4.78 is 5.27. The molecule has 2 aromatic rings. The number of rotatable bonds is 5. The fourth-order valence-electron chi connectivity index (χ4n) is 2.61. The van der Waals surface area contributed by atoms with Gasteiger partial charge in [-0.15, -0.1) is 11.3 Å². The number of carbonyl (C=O) groups excluding carboxylic acids is 1. The predicted octanol–water partition coefficient (Wildman–Crippen LogP) is 2.62. The second kappa shape index (κ2) is 7.11. The third-order valence-electron chi connectivity index (χ3n) is 3.91. The summed E-state index contributed by atoms with van der Waals surface area (Å²) >= 11 is 1.48. The van der Waals surface area contributed by atoms with Crippen LogP contribution in [0.2, 0.25) is 0 Å². The van der Waals surface area contributed by atoms with Gasteiger partial charge in [0.2, 0.25) is 5.91 Å². The number of carbonyl (C=O) groups is 2. The third-order valence-corrected chi connectivity index (χ3v) is 4.94. The smallest absolute Gasteiger partial charge is 0.332 e. The van der Waals surface area contributed by atoms with Crippen molar-refractivity contribution < 1.29 is 19.4 Å². The highest BCUT2D eigenvalue weighted by Gasteiger charge is 2.35. The minimum atomic E-state index is -1.02. The van der Waals surface area contributed by atoms with Gasteiger partial charge < -0.3 is 15.2 Å². The van der Waals surface area contributed by atoms with E-state index in [0.717, 1.165) is 16.3 Å². The van der Waals surface area contributed by atoms with Gasteiger partial charge in [-0.1, -0.05) is 30.3 Å². The van der Waals surface area contributed by atoms with Gasteiger partial charge in [-0.3, -0.25) is 4.79 Å². The van der Waals surface area contributed by atoms with Crippen molar-refractivity contribution in [3.8, 4) is 11.3 Å². The van der Waals surface area contributed by atoms with Gasteiger partial charge in [0.05, 0.1) is 11.7 Å². The first-order chi connectivity index (χ1) is 11.5. The number of ether oxygens (including phenoxy) is 1. The highest BCUT2D eigenvalue weighted by atomic mass is 32.1. The molecule has 3 atom stereocenters. The molecule has 0 bridgehead atoms. The Morgan fingerprint density at radius 3 is 2.67 bits per heavy atom. The summed E-state index contributed by atoms with van der Waals surface area (Å²) in [6, 6.07) is 9.57. The van der Waals surface area contributed by atoms with Crippen molar-refractivity contribution in [2.75, 3.05) is 0 Å². The van der Waals surface area contributed by atoms with Crippen LogP contribution in [0.15, 0.2) is 35.7 Å². The van der Waals surface area contributed by atoms with Crippen molar-refractivity contribution in [2.45, 2.75) is 38.0 Å². The number of nitrogens with zero attached hydrogens (tertiary/aromatic N) is 1. The monoisotopic (exact) mass is 346 g/mol. The Labute approximate surface area is 143 Å². The summed E-state index contributed by atoms with van der Waals surface area (Å²) in [4.78, 5) is 27.7. The average Bonchev–Trinajstić information content (AvgIpc) is 3.25. The Balaban J connectivity index is 1.61. The maximum atomic E-state index is 12.2. The largest absolute Gasteiger partial charge is 0.479 e. The van der Waals surface area contributed by atoms with Crippen LogP contribution in [0.4, 0.5) is 0 Å². The van der Waals surface area contributed by atoms with Crippen molar-refractivity contribution in [1.29, 1.82) is 0 Å². The summed E-state index contributed by atoms with van der Waals surface area (Å²) in [5.74, 6) is -1.31. The molecule has 24 heavy (non-hydrogen) atoms. The minimum absolute atomic E-state index is 0.257. The highest BCUT2D eigenvalue weighted by molar-refractivity contribution is 7.10. The van der Waals surface area contributed by atoms with E-state index in [-0.39, 0.29) is 11.9 Å². The number of amides is 1. The van der Waals surface area contributed by atoms with E-state index < -0.39 is 18.2 Å². The van der Waals surface area contributed by atoms with Crippen molar-refractivity contribution in [2.24, 2.45) is 0 Å². The summed E-state index contributed by atoms with van der Waals surface area (Å²) in [6.07, 6.45) is -0.817. The predicted molar refractivity (Wildman–Crippen MR) is 89.6 cm³/mol. The number of hydrogen-bond acceptors (Lipinski definition) is 5. The normalized spacial score (nSPS) is 21.4. The van der Waals surface area contributed by atoms with Gasteiger partial charge in [0.15, 0.2) is 6.10 Å². The van der Waals surface area contributed by atoms with Crippen LogP contribution >= 0.6 is 11.3 Å². The molecule has 0 saturated carbocycles. The van der Waals surface area contributed by atoms with E-state index >= 15 is 0 Å². The maximum absolute atomic E-state index is 12.2. The second-order valence-electron chi connectivity index (χ2n) is 5.70. The lowest BCUT2D eigenvalue weighted by Crippen LogP contribution is -2.37. The molecule has 3 rings (SSSR count). The Morgan fingerprint density at radius 2 is 2.00 bits per heavy atom. The first-order valence-corrected chi connectivity index (χ1v) is 8.62. The van der Waals surface area contributed by atoms with E-state index in [0.29, 0.717) is 12.8 Å². The second-order valence-corrected chi connectivity index (χ2v) is 6.59. The maximum Gasteiger partial charge on any atom is 0.332 e. The molecule has 0 spiro atoms.